The lowest BCUT2D eigenvalue weighted by Crippen LogP contribution is -2.45. The molecule has 0 aromatic heterocycles. The molecule has 0 saturated heterocycles. The van der Waals surface area contributed by atoms with E-state index in [1.807, 2.05) is 31.2 Å². The first-order valence-corrected chi connectivity index (χ1v) is 6.85. The first-order chi connectivity index (χ1) is 9.56. The third-order valence-electron chi connectivity index (χ3n) is 4.36. The predicted molar refractivity (Wildman–Crippen MR) is 74.3 cm³/mol. The van der Waals surface area contributed by atoms with Gasteiger partial charge in [0.1, 0.15) is 0 Å². The van der Waals surface area contributed by atoms with Gasteiger partial charge in [0.25, 0.3) is 5.91 Å². The van der Waals surface area contributed by atoms with Gasteiger partial charge < -0.3 is 10.4 Å². The Kier molecular flexibility index (Phi) is 3.08. The summed E-state index contributed by atoms with van der Waals surface area (Å²) in [6, 6.07) is 7.00. The van der Waals surface area contributed by atoms with Gasteiger partial charge in [-0.15, -0.1) is 0 Å². The Hall–Kier alpha value is -2.10. The number of carboxylic acids is 1. The molecular weight excluding hydrogens is 254 g/mol. The Morgan fingerprint density at radius 3 is 2.45 bits per heavy atom. The SMILES string of the molecule is Cc1ccc(C(=O)NC2C3C=CC(C3)C2C(=O)O)cc1. The van der Waals surface area contributed by atoms with E-state index in [0.717, 1.165) is 12.0 Å². The van der Waals surface area contributed by atoms with Crippen LogP contribution in [0.3, 0.4) is 0 Å². The lowest BCUT2D eigenvalue weighted by atomic mass is 9.89. The molecule has 1 amide bonds. The van der Waals surface area contributed by atoms with Gasteiger partial charge in [-0.1, -0.05) is 29.8 Å². The van der Waals surface area contributed by atoms with Crippen molar-refractivity contribution in [1.82, 2.24) is 5.32 Å². The van der Waals surface area contributed by atoms with E-state index in [2.05, 4.69) is 5.32 Å². The minimum atomic E-state index is -0.823. The molecule has 104 valence electrons. The molecule has 2 aliphatic rings. The van der Waals surface area contributed by atoms with E-state index < -0.39 is 11.9 Å². The smallest absolute Gasteiger partial charge is 0.309 e. The first kappa shape index (κ1) is 12.9. The number of carbonyl (C=O) groups excluding carboxylic acids is 1. The molecule has 4 atom stereocenters. The number of rotatable bonds is 3. The van der Waals surface area contributed by atoms with E-state index in [9.17, 15) is 14.7 Å². The van der Waals surface area contributed by atoms with Crippen molar-refractivity contribution in [2.24, 2.45) is 17.8 Å². The summed E-state index contributed by atoms with van der Waals surface area (Å²) in [5, 5.41) is 12.2. The van der Waals surface area contributed by atoms with Gasteiger partial charge in [-0.3, -0.25) is 9.59 Å². The van der Waals surface area contributed by atoms with Crippen LogP contribution in [-0.4, -0.2) is 23.0 Å². The van der Waals surface area contributed by atoms with Crippen LogP contribution in [0.5, 0.6) is 0 Å². The zero-order valence-corrected chi connectivity index (χ0v) is 11.2. The van der Waals surface area contributed by atoms with Gasteiger partial charge in [0.2, 0.25) is 0 Å². The second-order valence-electron chi connectivity index (χ2n) is 5.68. The normalized spacial score (nSPS) is 30.4. The van der Waals surface area contributed by atoms with Gasteiger partial charge >= 0.3 is 5.97 Å². The van der Waals surface area contributed by atoms with Crippen LogP contribution in [0.2, 0.25) is 0 Å². The van der Waals surface area contributed by atoms with Crippen molar-refractivity contribution in [3.8, 4) is 0 Å². The molecule has 2 aliphatic carbocycles. The highest BCUT2D eigenvalue weighted by atomic mass is 16.4. The van der Waals surface area contributed by atoms with E-state index in [4.69, 9.17) is 0 Å². The summed E-state index contributed by atoms with van der Waals surface area (Å²) in [5.74, 6) is -1.31. The largest absolute Gasteiger partial charge is 0.481 e. The van der Waals surface area contributed by atoms with Crippen LogP contribution in [0, 0.1) is 24.7 Å². The fourth-order valence-corrected chi connectivity index (χ4v) is 3.30. The third-order valence-corrected chi connectivity index (χ3v) is 4.36. The Labute approximate surface area is 117 Å². The predicted octanol–water partition coefficient (Wildman–Crippen LogP) is 2.00. The number of benzene rings is 1. The summed E-state index contributed by atoms with van der Waals surface area (Å²) in [4.78, 5) is 23.6. The van der Waals surface area contributed by atoms with Gasteiger partial charge in [0, 0.05) is 11.6 Å². The quantitative estimate of drug-likeness (QED) is 0.826. The lowest BCUT2D eigenvalue weighted by molar-refractivity contribution is -0.143. The Balaban J connectivity index is 1.77. The molecule has 0 heterocycles. The molecule has 0 radical (unpaired) electrons. The molecule has 0 spiro atoms. The average Bonchev–Trinajstić information content (AvgIpc) is 3.00. The van der Waals surface area contributed by atoms with E-state index >= 15 is 0 Å². The van der Waals surface area contributed by atoms with Gasteiger partial charge in [-0.2, -0.15) is 0 Å². The molecule has 1 fully saturated rings. The molecule has 2 N–H and O–H groups in total. The Bertz CT molecular complexity index is 576. The third kappa shape index (κ3) is 2.11. The van der Waals surface area contributed by atoms with E-state index in [1.165, 1.54) is 0 Å². The highest BCUT2D eigenvalue weighted by Gasteiger charge is 2.48. The van der Waals surface area contributed by atoms with E-state index in [-0.39, 0.29) is 23.8 Å². The molecule has 1 saturated carbocycles. The van der Waals surface area contributed by atoms with Crippen LogP contribution in [0.4, 0.5) is 0 Å². The van der Waals surface area contributed by atoms with Gasteiger partial charge in [0.05, 0.1) is 5.92 Å². The van der Waals surface area contributed by atoms with E-state index in [1.54, 1.807) is 12.1 Å². The van der Waals surface area contributed by atoms with Crippen molar-refractivity contribution in [2.45, 2.75) is 19.4 Å². The van der Waals surface area contributed by atoms with Crippen LogP contribution in [0.15, 0.2) is 36.4 Å². The summed E-state index contributed by atoms with van der Waals surface area (Å²) in [6.07, 6.45) is 4.83. The molecule has 3 rings (SSSR count). The molecule has 2 bridgehead atoms. The zero-order chi connectivity index (χ0) is 14.3. The number of aryl methyl sites for hydroxylation is 1. The minimum Gasteiger partial charge on any atom is -0.481 e. The van der Waals surface area contributed by atoms with Crippen molar-refractivity contribution in [1.29, 1.82) is 0 Å². The van der Waals surface area contributed by atoms with Crippen LogP contribution in [0.25, 0.3) is 0 Å². The topological polar surface area (TPSA) is 66.4 Å². The monoisotopic (exact) mass is 271 g/mol. The van der Waals surface area contributed by atoms with Crippen LogP contribution in [-0.2, 0) is 4.79 Å². The highest BCUT2D eigenvalue weighted by Crippen LogP contribution is 2.43. The Morgan fingerprint density at radius 2 is 1.80 bits per heavy atom. The minimum absolute atomic E-state index is 0.0563. The molecular formula is C16H17NO3. The second-order valence-corrected chi connectivity index (χ2v) is 5.68. The molecule has 4 unspecified atom stereocenters. The number of aliphatic carboxylic acids is 1. The maximum Gasteiger partial charge on any atom is 0.309 e. The second kappa shape index (κ2) is 4.78. The summed E-state index contributed by atoms with van der Waals surface area (Å²) in [5.41, 5.74) is 1.67. The van der Waals surface area contributed by atoms with E-state index in [0.29, 0.717) is 5.56 Å². The zero-order valence-electron chi connectivity index (χ0n) is 11.2. The fourth-order valence-electron chi connectivity index (χ4n) is 3.30. The number of carboxylic acid groups (broad SMARTS) is 1. The molecule has 0 aliphatic heterocycles. The maximum absolute atomic E-state index is 12.2. The first-order valence-electron chi connectivity index (χ1n) is 6.85. The van der Waals surface area contributed by atoms with Crippen molar-refractivity contribution in [3.63, 3.8) is 0 Å². The Morgan fingerprint density at radius 1 is 1.15 bits per heavy atom. The lowest BCUT2D eigenvalue weighted by Gasteiger charge is -2.25. The fraction of sp³-hybridized carbons (Fsp3) is 0.375. The van der Waals surface area contributed by atoms with Crippen molar-refractivity contribution >= 4 is 11.9 Å². The number of hydrogen-bond donors (Lipinski definition) is 2. The maximum atomic E-state index is 12.2. The van der Waals surface area contributed by atoms with Crippen LogP contribution in [0.1, 0.15) is 22.3 Å². The number of hydrogen-bond acceptors (Lipinski definition) is 2. The van der Waals surface area contributed by atoms with Crippen molar-refractivity contribution < 1.29 is 14.7 Å². The average molecular weight is 271 g/mol. The molecule has 20 heavy (non-hydrogen) atoms. The molecule has 4 heteroatoms. The standard InChI is InChI=1S/C16H17NO3/c1-9-2-4-10(5-3-9)15(18)17-14-12-7-6-11(8-12)13(14)16(19)20/h2-7,11-14H,8H2,1H3,(H,17,18)(H,19,20). The summed E-state index contributed by atoms with van der Waals surface area (Å²) < 4.78 is 0. The number of allylic oxidation sites excluding steroid dienone is 1. The van der Waals surface area contributed by atoms with Crippen LogP contribution >= 0.6 is 0 Å². The van der Waals surface area contributed by atoms with Crippen LogP contribution < -0.4 is 5.32 Å². The van der Waals surface area contributed by atoms with Gasteiger partial charge in [-0.05, 0) is 37.3 Å². The molecule has 4 nitrogen and oxygen atoms in total. The number of fused-ring (bicyclic) bond motifs is 2. The molecule has 1 aromatic carbocycles. The van der Waals surface area contributed by atoms with Crippen molar-refractivity contribution in [2.75, 3.05) is 0 Å². The molecule has 1 aromatic rings. The number of nitrogens with one attached hydrogen (secondary N) is 1. The summed E-state index contributed by atoms with van der Waals surface area (Å²) in [7, 11) is 0. The summed E-state index contributed by atoms with van der Waals surface area (Å²) in [6.45, 7) is 1.96. The summed E-state index contributed by atoms with van der Waals surface area (Å²) >= 11 is 0. The number of amides is 1. The number of carbonyl (C=O) groups is 2. The van der Waals surface area contributed by atoms with Gasteiger partial charge in [0.15, 0.2) is 0 Å². The highest BCUT2D eigenvalue weighted by molar-refractivity contribution is 5.94. The van der Waals surface area contributed by atoms with Gasteiger partial charge in [-0.25, -0.2) is 0 Å². The van der Waals surface area contributed by atoms with Crippen molar-refractivity contribution in [3.05, 3.63) is 47.5 Å².